The van der Waals surface area contributed by atoms with Gasteiger partial charge in [0.05, 0.1) is 26.3 Å². The number of ether oxygens (including phenoxy) is 3. The molecule has 0 saturated carbocycles. The fourth-order valence-corrected chi connectivity index (χ4v) is 3.68. The monoisotopic (exact) mass is 459 g/mol. The number of aryl methyl sites for hydroxylation is 1. The zero-order chi connectivity index (χ0) is 24.1. The van der Waals surface area contributed by atoms with Crippen molar-refractivity contribution in [2.45, 2.75) is 13.5 Å². The van der Waals surface area contributed by atoms with E-state index in [-0.39, 0.29) is 18.2 Å². The third kappa shape index (κ3) is 4.85. The van der Waals surface area contributed by atoms with Crippen molar-refractivity contribution in [1.29, 1.82) is 0 Å². The zero-order valence-electron chi connectivity index (χ0n) is 19.2. The van der Waals surface area contributed by atoms with Crippen LogP contribution in [0.15, 0.2) is 77.0 Å². The van der Waals surface area contributed by atoms with Crippen LogP contribution in [0.3, 0.4) is 0 Å². The molecule has 8 heteroatoms. The van der Waals surface area contributed by atoms with Crippen LogP contribution < -0.4 is 14.2 Å². The molecule has 1 N–H and O–H groups in total. The smallest absolute Gasteiger partial charge is 0.302 e. The summed E-state index contributed by atoms with van der Waals surface area (Å²) in [4.78, 5) is 12.3. The molecule has 0 spiro atoms. The number of rotatable bonds is 8. The first-order valence-corrected chi connectivity index (χ1v) is 10.6. The normalized spacial score (nSPS) is 11.1. The fourth-order valence-electron chi connectivity index (χ4n) is 3.68. The van der Waals surface area contributed by atoms with Gasteiger partial charge < -0.3 is 23.9 Å². The summed E-state index contributed by atoms with van der Waals surface area (Å²) in [6.45, 7) is 2.04. The number of methoxy groups -OCH3 is 2. The lowest BCUT2D eigenvalue weighted by molar-refractivity contribution is -0.120. The number of aromatic nitrogens is 1. The Kier molecular flexibility index (Phi) is 6.77. The quantitative estimate of drug-likeness (QED) is 0.356. The number of para-hydroxylation sites is 1. The van der Waals surface area contributed by atoms with E-state index in [2.05, 4.69) is 10.2 Å². The summed E-state index contributed by atoms with van der Waals surface area (Å²) < 4.78 is 17.9. The number of carbonyl (C=O) groups excluding carboxylic acids is 1. The minimum absolute atomic E-state index is 0.0906. The average Bonchev–Trinajstić information content (AvgIpc) is 3.12. The summed E-state index contributed by atoms with van der Waals surface area (Å²) >= 11 is 0. The predicted octanol–water partition coefficient (Wildman–Crippen LogP) is 5.41. The van der Waals surface area contributed by atoms with Gasteiger partial charge in [0.15, 0.2) is 23.8 Å². The highest BCUT2D eigenvalue weighted by Crippen LogP contribution is 2.39. The first-order valence-electron chi connectivity index (χ1n) is 10.6. The van der Waals surface area contributed by atoms with E-state index < -0.39 is 5.91 Å². The van der Waals surface area contributed by atoms with Gasteiger partial charge in [-0.3, -0.25) is 4.79 Å². The number of carbonyl (C=O) groups is 1. The van der Waals surface area contributed by atoms with E-state index in [1.165, 1.54) is 0 Å². The van der Waals surface area contributed by atoms with Crippen LogP contribution in [-0.2, 0) is 11.3 Å². The van der Waals surface area contributed by atoms with Crippen LogP contribution in [0.2, 0.25) is 0 Å². The fraction of sp³-hybridized carbons (Fsp3) is 0.192. The van der Waals surface area contributed by atoms with Gasteiger partial charge in [0.25, 0.3) is 0 Å². The number of hydrogen-bond donors (Lipinski definition) is 1. The molecule has 4 aromatic rings. The number of fused-ring (bicyclic) bond motifs is 1. The molecule has 0 aliphatic carbocycles. The number of amides is 1. The SMILES string of the molecule is COc1ccc(Cn2c(O)c(N=NC(=O)COc3cccc(C)c3)c3ccccc32)cc1OC. The molecule has 0 saturated heterocycles. The van der Waals surface area contributed by atoms with Crippen LogP contribution in [0.25, 0.3) is 10.9 Å². The van der Waals surface area contributed by atoms with Crippen LogP contribution >= 0.6 is 0 Å². The molecule has 0 atom stereocenters. The number of azo groups is 1. The van der Waals surface area contributed by atoms with Crippen molar-refractivity contribution in [3.8, 4) is 23.1 Å². The van der Waals surface area contributed by atoms with Crippen LogP contribution in [0, 0.1) is 6.92 Å². The van der Waals surface area contributed by atoms with Crippen molar-refractivity contribution in [3.05, 3.63) is 77.9 Å². The van der Waals surface area contributed by atoms with Gasteiger partial charge in [-0.2, -0.15) is 0 Å². The topological polar surface area (TPSA) is 94.6 Å². The molecule has 0 radical (unpaired) electrons. The highest BCUT2D eigenvalue weighted by Gasteiger charge is 2.18. The van der Waals surface area contributed by atoms with E-state index >= 15 is 0 Å². The third-order valence-electron chi connectivity index (χ3n) is 5.32. The summed E-state index contributed by atoms with van der Waals surface area (Å²) in [5.41, 5.74) is 2.89. The van der Waals surface area contributed by atoms with Crippen molar-refractivity contribution < 1.29 is 24.1 Å². The van der Waals surface area contributed by atoms with Crippen molar-refractivity contribution in [1.82, 2.24) is 4.57 Å². The second-order valence-electron chi connectivity index (χ2n) is 7.66. The van der Waals surface area contributed by atoms with Crippen LogP contribution in [0.5, 0.6) is 23.1 Å². The van der Waals surface area contributed by atoms with Gasteiger partial charge in [-0.05, 0) is 48.4 Å². The van der Waals surface area contributed by atoms with Gasteiger partial charge in [-0.25, -0.2) is 0 Å². The molecule has 1 amide bonds. The predicted molar refractivity (Wildman–Crippen MR) is 128 cm³/mol. The minimum atomic E-state index is -0.558. The molecule has 8 nitrogen and oxygen atoms in total. The van der Waals surface area contributed by atoms with Gasteiger partial charge in [-0.15, -0.1) is 10.2 Å². The van der Waals surface area contributed by atoms with Crippen LogP contribution in [-0.4, -0.2) is 36.4 Å². The Morgan fingerprint density at radius 1 is 0.971 bits per heavy atom. The molecule has 0 aliphatic heterocycles. The molecular weight excluding hydrogens is 434 g/mol. The number of hydrogen-bond acceptors (Lipinski definition) is 6. The van der Waals surface area contributed by atoms with E-state index in [1.54, 1.807) is 24.9 Å². The Morgan fingerprint density at radius 2 is 1.76 bits per heavy atom. The summed E-state index contributed by atoms with van der Waals surface area (Å²) in [6.07, 6.45) is 0. The maximum atomic E-state index is 12.3. The summed E-state index contributed by atoms with van der Waals surface area (Å²) in [7, 11) is 3.15. The van der Waals surface area contributed by atoms with Crippen molar-refractivity contribution in [2.24, 2.45) is 10.2 Å². The Bertz CT molecular complexity index is 1360. The Labute approximate surface area is 197 Å². The van der Waals surface area contributed by atoms with Gasteiger partial charge in [0.2, 0.25) is 5.88 Å². The average molecular weight is 460 g/mol. The summed E-state index contributed by atoms with van der Waals surface area (Å²) in [5, 5.41) is 19.5. The largest absolute Gasteiger partial charge is 0.493 e. The molecule has 0 unspecified atom stereocenters. The number of aromatic hydroxyl groups is 1. The minimum Gasteiger partial charge on any atom is -0.493 e. The van der Waals surface area contributed by atoms with Gasteiger partial charge in [0.1, 0.15) is 5.75 Å². The first-order chi connectivity index (χ1) is 16.5. The molecule has 0 fully saturated rings. The van der Waals surface area contributed by atoms with Crippen molar-refractivity contribution in [2.75, 3.05) is 20.8 Å². The molecule has 0 aliphatic rings. The highest BCUT2D eigenvalue weighted by molar-refractivity contribution is 5.95. The van der Waals surface area contributed by atoms with E-state index in [1.807, 2.05) is 67.6 Å². The lowest BCUT2D eigenvalue weighted by Gasteiger charge is -2.11. The zero-order valence-corrected chi connectivity index (χ0v) is 19.2. The molecule has 3 aromatic carbocycles. The molecule has 1 aromatic heterocycles. The van der Waals surface area contributed by atoms with E-state index in [0.29, 0.717) is 29.2 Å². The van der Waals surface area contributed by atoms with E-state index in [4.69, 9.17) is 14.2 Å². The number of benzene rings is 3. The van der Waals surface area contributed by atoms with Gasteiger partial charge in [-0.1, -0.05) is 36.4 Å². The maximum Gasteiger partial charge on any atom is 0.302 e. The summed E-state index contributed by atoms with van der Waals surface area (Å²) in [5.74, 6) is 1.14. The van der Waals surface area contributed by atoms with Gasteiger partial charge in [0, 0.05) is 5.39 Å². The standard InChI is InChI=1S/C26H25N3O5/c1-17-7-6-8-19(13-17)34-16-24(30)27-28-25-20-9-4-5-10-21(20)29(26(25)31)15-18-11-12-22(32-2)23(14-18)33-3/h4-14,31H,15-16H2,1-3H3. The number of nitrogens with zero attached hydrogens (tertiary/aromatic N) is 3. The Balaban J connectivity index is 1.58. The van der Waals surface area contributed by atoms with Crippen molar-refractivity contribution in [3.63, 3.8) is 0 Å². The van der Waals surface area contributed by atoms with E-state index in [9.17, 15) is 9.90 Å². The highest BCUT2D eigenvalue weighted by atomic mass is 16.5. The third-order valence-corrected chi connectivity index (χ3v) is 5.32. The Morgan fingerprint density at radius 3 is 2.53 bits per heavy atom. The first kappa shape index (κ1) is 22.8. The lowest BCUT2D eigenvalue weighted by Crippen LogP contribution is -2.07. The van der Waals surface area contributed by atoms with Crippen LogP contribution in [0.4, 0.5) is 5.69 Å². The van der Waals surface area contributed by atoms with Crippen molar-refractivity contribution >= 4 is 22.5 Å². The lowest BCUT2D eigenvalue weighted by atomic mass is 10.2. The molecule has 4 rings (SSSR count). The van der Waals surface area contributed by atoms with E-state index in [0.717, 1.165) is 16.6 Å². The second kappa shape index (κ2) is 10.1. The molecule has 174 valence electrons. The maximum absolute atomic E-state index is 12.3. The molecule has 1 heterocycles. The molecule has 0 bridgehead atoms. The molecular formula is C26H25N3O5. The Hall–Kier alpha value is -4.33. The van der Waals surface area contributed by atoms with Gasteiger partial charge >= 0.3 is 5.91 Å². The molecule has 34 heavy (non-hydrogen) atoms. The van der Waals surface area contributed by atoms with Crippen LogP contribution in [0.1, 0.15) is 11.1 Å². The second-order valence-corrected chi connectivity index (χ2v) is 7.66. The summed E-state index contributed by atoms with van der Waals surface area (Å²) in [6, 6.07) is 20.3.